The molecule has 1 aliphatic heterocycles. The third-order valence-corrected chi connectivity index (χ3v) is 4.97. The van der Waals surface area contributed by atoms with Gasteiger partial charge < -0.3 is 10.2 Å². The lowest BCUT2D eigenvalue weighted by atomic mass is 10.1. The summed E-state index contributed by atoms with van der Waals surface area (Å²) in [6.45, 7) is 2.30. The third-order valence-electron chi connectivity index (χ3n) is 4.97. The van der Waals surface area contributed by atoms with Gasteiger partial charge in [-0.15, -0.1) is 0 Å². The summed E-state index contributed by atoms with van der Waals surface area (Å²) in [5.41, 5.74) is 0.947. The highest BCUT2D eigenvalue weighted by Crippen LogP contribution is 2.30. The average molecular weight is 386 g/mol. The standard InChI is InChI=1S/C21H21F3N4/c22-21(23,24)16-10-8-15(9-11-16)14-25-20-26-18-7-3-2-6-17(18)19(27-20)28-12-4-1-5-13-28/h2-3,6-11H,1,4-5,12-14H2,(H,25,26,27). The van der Waals surface area contributed by atoms with E-state index >= 15 is 0 Å². The summed E-state index contributed by atoms with van der Waals surface area (Å²) in [6, 6.07) is 13.0. The minimum Gasteiger partial charge on any atom is -0.356 e. The molecule has 3 aromatic rings. The first-order chi connectivity index (χ1) is 13.5. The van der Waals surface area contributed by atoms with Crippen LogP contribution in [0.1, 0.15) is 30.4 Å². The molecule has 1 fully saturated rings. The third kappa shape index (κ3) is 4.03. The Morgan fingerprint density at radius 2 is 1.61 bits per heavy atom. The average Bonchev–Trinajstić information content (AvgIpc) is 2.72. The number of halogens is 3. The van der Waals surface area contributed by atoms with E-state index in [1.165, 1.54) is 18.6 Å². The molecule has 0 radical (unpaired) electrons. The molecule has 0 aliphatic carbocycles. The number of hydrogen-bond donors (Lipinski definition) is 1. The van der Waals surface area contributed by atoms with Gasteiger partial charge in [0.15, 0.2) is 0 Å². The number of para-hydroxylation sites is 1. The minimum absolute atomic E-state index is 0.357. The van der Waals surface area contributed by atoms with Crippen LogP contribution in [0.4, 0.5) is 24.9 Å². The Bertz CT molecular complexity index is 948. The summed E-state index contributed by atoms with van der Waals surface area (Å²) in [5, 5.41) is 4.18. The summed E-state index contributed by atoms with van der Waals surface area (Å²) in [5.74, 6) is 1.40. The summed E-state index contributed by atoms with van der Waals surface area (Å²) in [4.78, 5) is 11.6. The van der Waals surface area contributed by atoms with Gasteiger partial charge in [-0.3, -0.25) is 0 Å². The smallest absolute Gasteiger partial charge is 0.356 e. The van der Waals surface area contributed by atoms with E-state index in [0.29, 0.717) is 12.5 Å². The fraction of sp³-hybridized carbons (Fsp3) is 0.333. The van der Waals surface area contributed by atoms with E-state index in [2.05, 4.69) is 15.2 Å². The first-order valence-corrected chi connectivity index (χ1v) is 9.42. The zero-order valence-corrected chi connectivity index (χ0v) is 15.3. The number of fused-ring (bicyclic) bond motifs is 1. The van der Waals surface area contributed by atoms with Crippen molar-refractivity contribution >= 4 is 22.7 Å². The van der Waals surface area contributed by atoms with E-state index in [9.17, 15) is 13.2 Å². The van der Waals surface area contributed by atoms with Crippen molar-refractivity contribution in [2.45, 2.75) is 32.0 Å². The van der Waals surface area contributed by atoms with Crippen molar-refractivity contribution in [3.63, 3.8) is 0 Å². The van der Waals surface area contributed by atoms with E-state index in [0.717, 1.165) is 60.3 Å². The Balaban J connectivity index is 1.57. The first kappa shape index (κ1) is 18.5. The number of nitrogens with one attached hydrogen (secondary N) is 1. The molecule has 0 bridgehead atoms. The highest BCUT2D eigenvalue weighted by Gasteiger charge is 2.29. The second kappa shape index (κ2) is 7.66. The van der Waals surface area contributed by atoms with Gasteiger partial charge in [0.2, 0.25) is 5.95 Å². The Morgan fingerprint density at radius 1 is 0.893 bits per heavy atom. The summed E-state index contributed by atoms with van der Waals surface area (Å²) >= 11 is 0. The van der Waals surface area contributed by atoms with Crippen LogP contribution in [0, 0.1) is 0 Å². The molecule has 2 heterocycles. The molecule has 1 aliphatic rings. The van der Waals surface area contributed by atoms with E-state index in [1.807, 2.05) is 24.3 Å². The molecule has 7 heteroatoms. The summed E-state index contributed by atoms with van der Waals surface area (Å²) < 4.78 is 38.1. The van der Waals surface area contributed by atoms with Gasteiger partial charge in [-0.1, -0.05) is 24.3 Å². The molecule has 1 saturated heterocycles. The van der Waals surface area contributed by atoms with Crippen LogP contribution in [0.2, 0.25) is 0 Å². The fourth-order valence-electron chi connectivity index (χ4n) is 3.48. The minimum atomic E-state index is -4.32. The molecular formula is C21H21F3N4. The molecule has 2 aromatic carbocycles. The van der Waals surface area contributed by atoms with Crippen LogP contribution in [0.5, 0.6) is 0 Å². The van der Waals surface area contributed by atoms with Crippen molar-refractivity contribution in [1.82, 2.24) is 9.97 Å². The molecule has 4 rings (SSSR count). The van der Waals surface area contributed by atoms with Gasteiger partial charge in [0.05, 0.1) is 11.1 Å². The lowest BCUT2D eigenvalue weighted by molar-refractivity contribution is -0.137. The topological polar surface area (TPSA) is 41.1 Å². The first-order valence-electron chi connectivity index (χ1n) is 9.42. The molecule has 1 N–H and O–H groups in total. The van der Waals surface area contributed by atoms with Crippen molar-refractivity contribution < 1.29 is 13.2 Å². The molecule has 0 saturated carbocycles. The predicted molar refractivity (Wildman–Crippen MR) is 104 cm³/mol. The lowest BCUT2D eigenvalue weighted by Gasteiger charge is -2.29. The van der Waals surface area contributed by atoms with Gasteiger partial charge >= 0.3 is 6.18 Å². The van der Waals surface area contributed by atoms with Gasteiger partial charge in [-0.05, 0) is 49.1 Å². The number of piperidine rings is 1. The van der Waals surface area contributed by atoms with Crippen LogP contribution >= 0.6 is 0 Å². The number of rotatable bonds is 4. The van der Waals surface area contributed by atoms with Gasteiger partial charge in [0.1, 0.15) is 5.82 Å². The molecule has 0 amide bonds. The SMILES string of the molecule is FC(F)(F)c1ccc(CNc2nc(N3CCCCC3)c3ccccc3n2)cc1. The molecule has 0 atom stereocenters. The van der Waals surface area contributed by atoms with Crippen molar-refractivity contribution in [3.8, 4) is 0 Å². The zero-order valence-electron chi connectivity index (χ0n) is 15.3. The predicted octanol–water partition coefficient (Wildman–Crippen LogP) is 5.25. The molecule has 1 aromatic heterocycles. The number of alkyl halides is 3. The van der Waals surface area contributed by atoms with Gasteiger partial charge in [0.25, 0.3) is 0 Å². The number of nitrogens with zero attached hydrogens (tertiary/aromatic N) is 3. The largest absolute Gasteiger partial charge is 0.416 e. The second-order valence-corrected chi connectivity index (χ2v) is 6.98. The number of anilines is 2. The second-order valence-electron chi connectivity index (χ2n) is 6.98. The zero-order chi connectivity index (χ0) is 19.6. The van der Waals surface area contributed by atoms with E-state index in [-0.39, 0.29) is 0 Å². The van der Waals surface area contributed by atoms with Crippen LogP contribution in [-0.4, -0.2) is 23.1 Å². The summed E-state index contributed by atoms with van der Waals surface area (Å²) in [7, 11) is 0. The maximum atomic E-state index is 12.7. The van der Waals surface area contributed by atoms with Gasteiger partial charge in [0, 0.05) is 25.0 Å². The highest BCUT2D eigenvalue weighted by molar-refractivity contribution is 5.90. The van der Waals surface area contributed by atoms with Crippen LogP contribution < -0.4 is 10.2 Å². The number of aromatic nitrogens is 2. The quantitative estimate of drug-likeness (QED) is 0.665. The Labute approximate surface area is 161 Å². The van der Waals surface area contributed by atoms with Crippen LogP contribution in [0.3, 0.4) is 0 Å². The van der Waals surface area contributed by atoms with Crippen molar-refractivity contribution in [2.75, 3.05) is 23.3 Å². The normalized spacial score (nSPS) is 15.0. The number of hydrogen-bond acceptors (Lipinski definition) is 4. The van der Waals surface area contributed by atoms with E-state index < -0.39 is 11.7 Å². The van der Waals surface area contributed by atoms with Crippen molar-refractivity contribution in [2.24, 2.45) is 0 Å². The maximum Gasteiger partial charge on any atom is 0.416 e. The highest BCUT2D eigenvalue weighted by atomic mass is 19.4. The lowest BCUT2D eigenvalue weighted by Crippen LogP contribution is -2.30. The molecule has 28 heavy (non-hydrogen) atoms. The molecule has 0 unspecified atom stereocenters. The van der Waals surface area contributed by atoms with E-state index in [1.54, 1.807) is 0 Å². The number of benzene rings is 2. The fourth-order valence-corrected chi connectivity index (χ4v) is 3.48. The molecule has 4 nitrogen and oxygen atoms in total. The maximum absolute atomic E-state index is 12.7. The Morgan fingerprint density at radius 3 is 2.32 bits per heavy atom. The Kier molecular flexibility index (Phi) is 5.07. The van der Waals surface area contributed by atoms with Crippen LogP contribution in [-0.2, 0) is 12.7 Å². The van der Waals surface area contributed by atoms with Crippen molar-refractivity contribution in [3.05, 3.63) is 59.7 Å². The summed E-state index contributed by atoms with van der Waals surface area (Å²) in [6.07, 6.45) is -0.797. The van der Waals surface area contributed by atoms with Gasteiger partial charge in [-0.25, -0.2) is 4.98 Å². The molecule has 146 valence electrons. The van der Waals surface area contributed by atoms with E-state index in [4.69, 9.17) is 4.98 Å². The van der Waals surface area contributed by atoms with Crippen LogP contribution in [0.15, 0.2) is 48.5 Å². The monoisotopic (exact) mass is 386 g/mol. The molecular weight excluding hydrogens is 365 g/mol. The molecule has 0 spiro atoms. The Hall–Kier alpha value is -2.83. The van der Waals surface area contributed by atoms with Crippen LogP contribution in [0.25, 0.3) is 10.9 Å². The van der Waals surface area contributed by atoms with Gasteiger partial charge in [-0.2, -0.15) is 18.2 Å². The van der Waals surface area contributed by atoms with Crippen molar-refractivity contribution in [1.29, 1.82) is 0 Å².